The third-order valence-corrected chi connectivity index (χ3v) is 4.43. The lowest BCUT2D eigenvalue weighted by molar-refractivity contribution is -0.136. The Morgan fingerprint density at radius 2 is 1.96 bits per heavy atom. The summed E-state index contributed by atoms with van der Waals surface area (Å²) in [5.74, 6) is -0.559. The molecule has 0 atom stereocenters. The van der Waals surface area contributed by atoms with Crippen molar-refractivity contribution >= 4 is 33.3 Å². The van der Waals surface area contributed by atoms with Gasteiger partial charge in [-0.2, -0.15) is 13.2 Å². The van der Waals surface area contributed by atoms with Crippen LogP contribution in [0.1, 0.15) is 34.8 Å². The average molecular weight is 380 g/mol. The maximum Gasteiger partial charge on any atom is 0.417 e. The second-order valence-corrected chi connectivity index (χ2v) is 7.18. The molecule has 1 amide bonds. The number of fused-ring (bicyclic) bond motifs is 1. The Hall–Kier alpha value is -2.55. The number of pyridine rings is 1. The van der Waals surface area contributed by atoms with Crippen molar-refractivity contribution in [3.05, 3.63) is 46.6 Å². The molecule has 3 aromatic rings. The van der Waals surface area contributed by atoms with Crippen molar-refractivity contribution in [3.63, 3.8) is 0 Å². The van der Waals surface area contributed by atoms with Crippen molar-refractivity contribution < 1.29 is 18.0 Å². The Morgan fingerprint density at radius 1 is 1.23 bits per heavy atom. The number of amides is 1. The van der Waals surface area contributed by atoms with Gasteiger partial charge in [0, 0.05) is 18.0 Å². The predicted molar refractivity (Wildman–Crippen MR) is 93.1 cm³/mol. The number of hydrogen-bond donors (Lipinski definition) is 1. The quantitative estimate of drug-likeness (QED) is 0.721. The molecule has 0 aliphatic heterocycles. The van der Waals surface area contributed by atoms with E-state index >= 15 is 0 Å². The summed E-state index contributed by atoms with van der Waals surface area (Å²) in [7, 11) is 0. The van der Waals surface area contributed by atoms with Gasteiger partial charge in [-0.15, -0.1) is 10.2 Å². The highest BCUT2D eigenvalue weighted by Gasteiger charge is 2.37. The van der Waals surface area contributed by atoms with Gasteiger partial charge in [-0.25, -0.2) is 0 Å². The van der Waals surface area contributed by atoms with Gasteiger partial charge >= 0.3 is 6.18 Å². The van der Waals surface area contributed by atoms with Crippen molar-refractivity contribution in [1.82, 2.24) is 15.2 Å². The van der Waals surface area contributed by atoms with E-state index in [0.29, 0.717) is 17.3 Å². The van der Waals surface area contributed by atoms with Crippen LogP contribution in [0.3, 0.4) is 0 Å². The van der Waals surface area contributed by atoms with E-state index in [9.17, 15) is 18.0 Å². The first kappa shape index (κ1) is 18.2. The van der Waals surface area contributed by atoms with E-state index in [1.807, 2.05) is 13.8 Å². The zero-order valence-electron chi connectivity index (χ0n) is 14.0. The van der Waals surface area contributed by atoms with Crippen LogP contribution in [0.15, 0.2) is 30.5 Å². The van der Waals surface area contributed by atoms with E-state index in [1.165, 1.54) is 18.2 Å². The van der Waals surface area contributed by atoms with Gasteiger partial charge in [0.2, 0.25) is 5.13 Å². The maximum absolute atomic E-state index is 13.6. The molecule has 136 valence electrons. The van der Waals surface area contributed by atoms with Crippen molar-refractivity contribution in [2.75, 3.05) is 5.32 Å². The molecule has 1 aromatic carbocycles. The second kappa shape index (κ2) is 6.99. The fourth-order valence-corrected chi connectivity index (χ4v) is 3.47. The van der Waals surface area contributed by atoms with E-state index in [2.05, 4.69) is 20.5 Å². The molecule has 0 aliphatic carbocycles. The minimum Gasteiger partial charge on any atom is -0.296 e. The molecular formula is C17H15F3N4OS. The number of nitrogens with zero attached hydrogens (tertiary/aromatic N) is 3. The van der Waals surface area contributed by atoms with Gasteiger partial charge in [0.25, 0.3) is 5.91 Å². The third-order valence-electron chi connectivity index (χ3n) is 3.57. The predicted octanol–water partition coefficient (Wildman–Crippen LogP) is 4.56. The van der Waals surface area contributed by atoms with Gasteiger partial charge in [0.15, 0.2) is 0 Å². The number of rotatable bonds is 4. The Kier molecular flexibility index (Phi) is 4.90. The van der Waals surface area contributed by atoms with Crippen molar-refractivity contribution in [2.45, 2.75) is 26.4 Å². The molecule has 2 heterocycles. The lowest BCUT2D eigenvalue weighted by Gasteiger charge is -2.14. The summed E-state index contributed by atoms with van der Waals surface area (Å²) in [5, 5.41) is 10.9. The van der Waals surface area contributed by atoms with Crippen molar-refractivity contribution in [2.24, 2.45) is 5.92 Å². The van der Waals surface area contributed by atoms with Crippen LogP contribution in [0.25, 0.3) is 10.9 Å². The summed E-state index contributed by atoms with van der Waals surface area (Å²) in [5.41, 5.74) is -1.38. The van der Waals surface area contributed by atoms with Crippen LogP contribution >= 0.6 is 11.3 Å². The van der Waals surface area contributed by atoms with Crippen LogP contribution < -0.4 is 5.32 Å². The molecule has 0 fully saturated rings. The van der Waals surface area contributed by atoms with Crippen molar-refractivity contribution in [1.29, 1.82) is 0 Å². The zero-order chi connectivity index (χ0) is 18.9. The van der Waals surface area contributed by atoms with Gasteiger partial charge < -0.3 is 0 Å². The van der Waals surface area contributed by atoms with E-state index in [4.69, 9.17) is 0 Å². The van der Waals surface area contributed by atoms with Gasteiger partial charge in [-0.05, 0) is 12.0 Å². The number of anilines is 1. The van der Waals surface area contributed by atoms with E-state index in [0.717, 1.165) is 17.5 Å². The highest BCUT2D eigenvalue weighted by Crippen LogP contribution is 2.37. The van der Waals surface area contributed by atoms with E-state index in [-0.39, 0.29) is 16.0 Å². The molecule has 0 bridgehead atoms. The summed E-state index contributed by atoms with van der Waals surface area (Å²) in [6.07, 6.45) is -3.07. The molecule has 0 aliphatic rings. The van der Waals surface area contributed by atoms with Crippen LogP contribution in [-0.2, 0) is 12.6 Å². The van der Waals surface area contributed by atoms with Crippen LogP contribution in [0.2, 0.25) is 0 Å². The molecule has 0 spiro atoms. The van der Waals surface area contributed by atoms with Gasteiger partial charge in [0.05, 0.1) is 16.6 Å². The van der Waals surface area contributed by atoms with Crippen LogP contribution in [-0.4, -0.2) is 21.1 Å². The molecule has 3 rings (SSSR count). The Morgan fingerprint density at radius 3 is 2.65 bits per heavy atom. The minimum atomic E-state index is -4.70. The average Bonchev–Trinajstić information content (AvgIpc) is 2.98. The molecule has 0 radical (unpaired) electrons. The smallest absolute Gasteiger partial charge is 0.296 e. The van der Waals surface area contributed by atoms with E-state index < -0.39 is 23.2 Å². The number of carbonyl (C=O) groups is 1. The normalized spacial score (nSPS) is 11.9. The monoisotopic (exact) mass is 380 g/mol. The number of alkyl halides is 3. The molecule has 0 saturated carbocycles. The molecule has 5 nitrogen and oxygen atoms in total. The number of para-hydroxylation sites is 1. The summed E-state index contributed by atoms with van der Waals surface area (Å²) in [6.45, 7) is 4.02. The van der Waals surface area contributed by atoms with Crippen LogP contribution in [0.5, 0.6) is 0 Å². The second-order valence-electron chi connectivity index (χ2n) is 6.11. The molecule has 0 unspecified atom stereocenters. The summed E-state index contributed by atoms with van der Waals surface area (Å²) < 4.78 is 40.8. The van der Waals surface area contributed by atoms with Crippen molar-refractivity contribution in [3.8, 4) is 0 Å². The highest BCUT2D eigenvalue weighted by atomic mass is 32.1. The fourth-order valence-electron chi connectivity index (χ4n) is 2.52. The first-order valence-corrected chi connectivity index (χ1v) is 8.66. The minimum absolute atomic E-state index is 0.120. The molecule has 26 heavy (non-hydrogen) atoms. The lowest BCUT2D eigenvalue weighted by Crippen LogP contribution is -2.19. The number of nitrogens with one attached hydrogen (secondary N) is 1. The van der Waals surface area contributed by atoms with E-state index in [1.54, 1.807) is 6.07 Å². The largest absolute Gasteiger partial charge is 0.417 e. The molecule has 0 saturated heterocycles. The standard InChI is InChI=1S/C17H15F3N4OS/c1-9(2)7-13-23-24-16(26-13)22-15(25)11-8-21-12-6-4-3-5-10(12)14(11)17(18,19)20/h3-6,8-9H,7H2,1-2H3,(H,22,24,25). The molecular weight excluding hydrogens is 365 g/mol. The number of benzene rings is 1. The Balaban J connectivity index is 1.97. The third kappa shape index (κ3) is 3.82. The van der Waals surface area contributed by atoms with Gasteiger partial charge in [-0.1, -0.05) is 43.4 Å². The van der Waals surface area contributed by atoms with Crippen LogP contribution in [0, 0.1) is 5.92 Å². The molecule has 1 N–H and O–H groups in total. The SMILES string of the molecule is CC(C)Cc1nnc(NC(=O)c2cnc3ccccc3c2C(F)(F)F)s1. The van der Waals surface area contributed by atoms with Crippen LogP contribution in [0.4, 0.5) is 18.3 Å². The first-order chi connectivity index (χ1) is 12.3. The highest BCUT2D eigenvalue weighted by molar-refractivity contribution is 7.15. The summed E-state index contributed by atoms with van der Waals surface area (Å²) in [6, 6.07) is 5.83. The fraction of sp³-hybridized carbons (Fsp3) is 0.294. The summed E-state index contributed by atoms with van der Waals surface area (Å²) in [4.78, 5) is 16.4. The molecule has 2 aromatic heterocycles. The topological polar surface area (TPSA) is 67.8 Å². The Bertz CT molecular complexity index is 953. The Labute approximate surface area is 151 Å². The molecule has 9 heteroatoms. The lowest BCUT2D eigenvalue weighted by atomic mass is 10.0. The number of aromatic nitrogens is 3. The zero-order valence-corrected chi connectivity index (χ0v) is 14.8. The number of halogens is 3. The number of hydrogen-bond acceptors (Lipinski definition) is 5. The maximum atomic E-state index is 13.6. The number of carbonyl (C=O) groups excluding carboxylic acids is 1. The van der Waals surface area contributed by atoms with Gasteiger partial charge in [0.1, 0.15) is 5.01 Å². The van der Waals surface area contributed by atoms with Gasteiger partial charge in [-0.3, -0.25) is 15.1 Å². The summed E-state index contributed by atoms with van der Waals surface area (Å²) >= 11 is 1.15. The first-order valence-electron chi connectivity index (χ1n) is 7.84.